The number of aromatic nitrogens is 2. The molecular formula is C26H46N8O7. The predicted octanol–water partition coefficient (Wildman–Crippen LogP) is -0.778. The van der Waals surface area contributed by atoms with Gasteiger partial charge in [0.2, 0.25) is 11.8 Å². The largest absolute Gasteiger partial charge is 0.480 e. The average molecular weight is 583 g/mol. The first kappa shape index (κ1) is 35.5. The van der Waals surface area contributed by atoms with E-state index in [2.05, 4.69) is 30.9 Å². The van der Waals surface area contributed by atoms with E-state index in [1.54, 1.807) is 12.5 Å². The summed E-state index contributed by atoms with van der Waals surface area (Å²) in [5, 5.41) is 17.7. The number of ketones is 1. The zero-order chi connectivity index (χ0) is 30.3. The van der Waals surface area contributed by atoms with Gasteiger partial charge in [-0.1, -0.05) is 6.92 Å². The maximum absolute atomic E-state index is 12.8. The third kappa shape index (κ3) is 18.4. The van der Waals surface area contributed by atoms with E-state index in [-0.39, 0.29) is 43.8 Å². The lowest BCUT2D eigenvalue weighted by atomic mass is 10.1. The molecular weight excluding hydrogens is 536 g/mol. The Balaban J connectivity index is 2.40. The molecule has 0 fully saturated rings. The standard InChI is InChI=1S/C26H46N8O7/c1-2-12-40-13-14-41-17-23(36)34-22(25(38)39)6-3-4-10-30-24(37)21(7-5-11-31-26(27)28)32-16-20(35)9-8-19-15-29-18-33-19/h15,18,21-22,32H,2-14,16-17H2,1H3,(H,29,33)(H,30,37)(H,34,36)(H,38,39)(H4,27,28,31)/t21-,22-/m0/s1. The van der Waals surface area contributed by atoms with E-state index in [1.165, 1.54) is 0 Å². The molecule has 0 aliphatic rings. The quantitative estimate of drug-likeness (QED) is 0.0429. The summed E-state index contributed by atoms with van der Waals surface area (Å²) >= 11 is 0. The molecule has 1 rings (SSSR count). The Morgan fingerprint density at radius 3 is 2.51 bits per heavy atom. The zero-order valence-corrected chi connectivity index (χ0v) is 23.9. The lowest BCUT2D eigenvalue weighted by molar-refractivity contribution is -0.142. The summed E-state index contributed by atoms with van der Waals surface area (Å²) in [4.78, 5) is 59.5. The predicted molar refractivity (Wildman–Crippen MR) is 152 cm³/mol. The number of aliphatic carboxylic acids is 1. The fourth-order valence-corrected chi connectivity index (χ4v) is 3.68. The van der Waals surface area contributed by atoms with Crippen molar-refractivity contribution in [2.45, 2.75) is 70.4 Å². The highest BCUT2D eigenvalue weighted by Crippen LogP contribution is 2.04. The molecule has 2 atom stereocenters. The molecule has 2 amide bonds. The maximum atomic E-state index is 12.8. The second-order valence-corrected chi connectivity index (χ2v) is 9.41. The number of hydrogen-bond donors (Lipinski definition) is 7. The number of aliphatic imine (C=N–C) groups is 1. The van der Waals surface area contributed by atoms with E-state index in [9.17, 15) is 24.3 Å². The summed E-state index contributed by atoms with van der Waals surface area (Å²) in [5.74, 6) is -2.02. The van der Waals surface area contributed by atoms with Gasteiger partial charge in [-0.15, -0.1) is 0 Å². The van der Waals surface area contributed by atoms with Crippen LogP contribution in [-0.2, 0) is 35.1 Å². The van der Waals surface area contributed by atoms with E-state index in [4.69, 9.17) is 20.9 Å². The van der Waals surface area contributed by atoms with Crippen molar-refractivity contribution in [2.24, 2.45) is 16.5 Å². The molecule has 15 nitrogen and oxygen atoms in total. The molecule has 0 unspecified atom stereocenters. The number of carbonyl (C=O) groups is 4. The van der Waals surface area contributed by atoms with Crippen molar-refractivity contribution in [1.82, 2.24) is 25.9 Å². The number of amides is 2. The molecule has 41 heavy (non-hydrogen) atoms. The number of nitrogens with zero attached hydrogens (tertiary/aromatic N) is 2. The van der Waals surface area contributed by atoms with Crippen LogP contribution in [0.25, 0.3) is 0 Å². The Morgan fingerprint density at radius 2 is 1.83 bits per heavy atom. The molecule has 0 aliphatic heterocycles. The summed E-state index contributed by atoms with van der Waals surface area (Å²) in [7, 11) is 0. The first-order valence-electron chi connectivity index (χ1n) is 14.0. The van der Waals surface area contributed by atoms with E-state index in [0.29, 0.717) is 64.8 Å². The first-order chi connectivity index (χ1) is 19.7. The van der Waals surface area contributed by atoms with Crippen LogP contribution in [-0.4, -0.2) is 103 Å². The molecule has 0 radical (unpaired) electrons. The third-order valence-corrected chi connectivity index (χ3v) is 5.84. The van der Waals surface area contributed by atoms with Crippen LogP contribution in [0.4, 0.5) is 0 Å². The van der Waals surface area contributed by atoms with Gasteiger partial charge in [-0.2, -0.15) is 0 Å². The SMILES string of the molecule is CCCOCCOCC(=O)N[C@@H](CCCCNC(=O)[C@H](CCCN=C(N)N)NCC(=O)CCc1cnc[nH]1)C(=O)O. The van der Waals surface area contributed by atoms with Gasteiger partial charge >= 0.3 is 5.97 Å². The molecule has 1 aromatic heterocycles. The van der Waals surface area contributed by atoms with Crippen LogP contribution in [0.3, 0.4) is 0 Å². The van der Waals surface area contributed by atoms with E-state index >= 15 is 0 Å². The fraction of sp³-hybridized carbons (Fsp3) is 0.692. The molecule has 0 saturated heterocycles. The Labute approximate surface area is 240 Å². The number of nitrogens with one attached hydrogen (secondary N) is 4. The Kier molecular flexibility index (Phi) is 19.2. The van der Waals surface area contributed by atoms with Crippen LogP contribution in [0.1, 0.15) is 57.6 Å². The number of aromatic amines is 1. The van der Waals surface area contributed by atoms with Gasteiger partial charge in [0.15, 0.2) is 5.96 Å². The van der Waals surface area contributed by atoms with Gasteiger partial charge in [0.1, 0.15) is 18.4 Å². The number of carboxylic acids is 1. The van der Waals surface area contributed by atoms with Gasteiger partial charge in [-0.3, -0.25) is 24.7 Å². The Morgan fingerprint density at radius 1 is 1.07 bits per heavy atom. The second kappa shape index (κ2) is 22.2. The third-order valence-electron chi connectivity index (χ3n) is 5.84. The van der Waals surface area contributed by atoms with Crippen LogP contribution in [0, 0.1) is 0 Å². The van der Waals surface area contributed by atoms with Crippen molar-refractivity contribution in [3.05, 3.63) is 18.2 Å². The van der Waals surface area contributed by atoms with Gasteiger partial charge in [-0.05, 0) is 44.9 Å². The average Bonchev–Trinajstić information content (AvgIpc) is 3.46. The molecule has 0 aromatic carbocycles. The van der Waals surface area contributed by atoms with Crippen LogP contribution in [0.15, 0.2) is 17.5 Å². The lowest BCUT2D eigenvalue weighted by Crippen LogP contribution is -2.46. The number of carboxylic acid groups (broad SMARTS) is 1. The minimum atomic E-state index is -1.14. The normalized spacial score (nSPS) is 12.3. The van der Waals surface area contributed by atoms with Crippen LogP contribution >= 0.6 is 0 Å². The molecule has 1 aromatic rings. The second-order valence-electron chi connectivity index (χ2n) is 9.41. The minimum Gasteiger partial charge on any atom is -0.480 e. The number of rotatable bonds is 25. The van der Waals surface area contributed by atoms with Crippen molar-refractivity contribution in [1.29, 1.82) is 0 Å². The Bertz CT molecular complexity index is 923. The number of guanidine groups is 1. The molecule has 0 saturated carbocycles. The van der Waals surface area contributed by atoms with Gasteiger partial charge in [0.05, 0.1) is 32.1 Å². The molecule has 1 heterocycles. The topological polar surface area (TPSA) is 236 Å². The summed E-state index contributed by atoms with van der Waals surface area (Å²) in [6, 6.07) is -1.69. The smallest absolute Gasteiger partial charge is 0.326 e. The highest BCUT2D eigenvalue weighted by Gasteiger charge is 2.21. The number of Topliss-reactive ketones (excluding diaryl/α,β-unsaturated/α-hetero) is 1. The molecule has 0 spiro atoms. The van der Waals surface area contributed by atoms with Crippen LogP contribution in [0.5, 0.6) is 0 Å². The summed E-state index contributed by atoms with van der Waals surface area (Å²) in [6.07, 6.45) is 7.02. The molecule has 15 heteroatoms. The number of nitrogens with two attached hydrogens (primary N) is 2. The minimum absolute atomic E-state index is 0.0317. The van der Waals surface area contributed by atoms with Crippen molar-refractivity contribution in [3.63, 3.8) is 0 Å². The zero-order valence-electron chi connectivity index (χ0n) is 23.9. The number of aryl methyl sites for hydroxylation is 1. The molecule has 0 bridgehead atoms. The van der Waals surface area contributed by atoms with E-state index in [1.807, 2.05) is 6.92 Å². The van der Waals surface area contributed by atoms with Crippen LogP contribution in [0.2, 0.25) is 0 Å². The van der Waals surface area contributed by atoms with Crippen LogP contribution < -0.4 is 27.4 Å². The summed E-state index contributed by atoms with van der Waals surface area (Å²) in [5.41, 5.74) is 11.6. The highest BCUT2D eigenvalue weighted by atomic mass is 16.5. The monoisotopic (exact) mass is 582 g/mol. The molecule has 0 aliphatic carbocycles. The number of imidazole rings is 1. The maximum Gasteiger partial charge on any atom is 0.326 e. The van der Waals surface area contributed by atoms with Crippen molar-refractivity contribution in [3.8, 4) is 0 Å². The molecule has 232 valence electrons. The Hall–Kier alpha value is -3.56. The summed E-state index contributed by atoms with van der Waals surface area (Å²) in [6.45, 7) is 3.64. The van der Waals surface area contributed by atoms with Crippen molar-refractivity contribution < 1.29 is 33.8 Å². The van der Waals surface area contributed by atoms with E-state index in [0.717, 1.165) is 12.1 Å². The lowest BCUT2D eigenvalue weighted by Gasteiger charge is -2.18. The molecule has 9 N–H and O–H groups in total. The van der Waals surface area contributed by atoms with Crippen molar-refractivity contribution >= 4 is 29.5 Å². The first-order valence-corrected chi connectivity index (χ1v) is 14.0. The number of unbranched alkanes of at least 4 members (excludes halogenated alkanes) is 1. The van der Waals surface area contributed by atoms with Gasteiger partial charge < -0.3 is 41.7 Å². The van der Waals surface area contributed by atoms with E-state index < -0.39 is 24.0 Å². The van der Waals surface area contributed by atoms with Crippen molar-refractivity contribution in [2.75, 3.05) is 46.1 Å². The fourth-order valence-electron chi connectivity index (χ4n) is 3.68. The van der Waals surface area contributed by atoms with Gasteiger partial charge in [0.25, 0.3) is 0 Å². The highest BCUT2D eigenvalue weighted by molar-refractivity contribution is 5.85. The number of carbonyl (C=O) groups excluding carboxylic acids is 3. The number of ether oxygens (including phenoxy) is 2. The number of hydrogen-bond acceptors (Lipinski definition) is 9. The number of H-pyrrole nitrogens is 1. The van der Waals surface area contributed by atoms with Gasteiger partial charge in [0, 0.05) is 38.0 Å². The van der Waals surface area contributed by atoms with Gasteiger partial charge in [-0.25, -0.2) is 9.78 Å². The summed E-state index contributed by atoms with van der Waals surface area (Å²) < 4.78 is 10.5.